The topological polar surface area (TPSA) is 59.0 Å². The molecule has 1 fully saturated rings. The summed E-state index contributed by atoms with van der Waals surface area (Å²) < 4.78 is 15.5. The molecule has 0 atom stereocenters. The Morgan fingerprint density at radius 1 is 1.44 bits per heavy atom. The summed E-state index contributed by atoms with van der Waals surface area (Å²) in [4.78, 5) is 17.4. The summed E-state index contributed by atoms with van der Waals surface area (Å²) in [5.41, 5.74) is 0.503. The molecule has 3 rings (SSSR count). The van der Waals surface area contributed by atoms with E-state index in [-0.39, 0.29) is 11.7 Å². The molecule has 7 heteroatoms. The van der Waals surface area contributed by atoms with Gasteiger partial charge in [-0.05, 0) is 68.2 Å². The first-order chi connectivity index (χ1) is 12.1. The van der Waals surface area contributed by atoms with E-state index in [1.165, 1.54) is 23.9 Å². The van der Waals surface area contributed by atoms with Gasteiger partial charge in [0.2, 0.25) is 5.91 Å². The summed E-state index contributed by atoms with van der Waals surface area (Å²) in [6, 6.07) is 4.45. The number of imidazole rings is 1. The first-order valence-electron chi connectivity index (χ1n) is 8.57. The number of hydrogen-bond acceptors (Lipinski definition) is 4. The van der Waals surface area contributed by atoms with Crippen LogP contribution in [0.25, 0.3) is 0 Å². The first kappa shape index (κ1) is 17.9. The normalized spacial score (nSPS) is 15.3. The summed E-state index contributed by atoms with van der Waals surface area (Å²) in [7, 11) is 1.90. The van der Waals surface area contributed by atoms with Crippen molar-refractivity contribution in [2.75, 3.05) is 18.4 Å². The van der Waals surface area contributed by atoms with Crippen molar-refractivity contribution in [3.05, 3.63) is 36.4 Å². The van der Waals surface area contributed by atoms with Crippen molar-refractivity contribution in [2.45, 2.75) is 35.7 Å². The van der Waals surface area contributed by atoms with Gasteiger partial charge in [-0.1, -0.05) is 0 Å². The van der Waals surface area contributed by atoms with Crippen LogP contribution in [0.15, 0.2) is 40.6 Å². The van der Waals surface area contributed by atoms with Crippen molar-refractivity contribution in [2.24, 2.45) is 13.0 Å². The van der Waals surface area contributed by atoms with Crippen molar-refractivity contribution in [1.29, 1.82) is 0 Å². The first-order valence-corrected chi connectivity index (χ1v) is 9.39. The van der Waals surface area contributed by atoms with E-state index in [0.29, 0.717) is 18.0 Å². The lowest BCUT2D eigenvalue weighted by Gasteiger charge is -2.22. The summed E-state index contributed by atoms with van der Waals surface area (Å²) in [5.74, 6) is 0.171. The average Bonchev–Trinajstić information content (AvgIpc) is 3.01. The molecule has 1 aromatic heterocycles. The van der Waals surface area contributed by atoms with Crippen LogP contribution in [0.1, 0.15) is 25.7 Å². The second-order valence-corrected chi connectivity index (χ2v) is 7.35. The molecule has 0 radical (unpaired) electrons. The van der Waals surface area contributed by atoms with Crippen LogP contribution in [-0.4, -0.2) is 28.5 Å². The second-order valence-electron chi connectivity index (χ2n) is 6.34. The molecule has 1 aliphatic heterocycles. The number of hydrogen-bond donors (Lipinski definition) is 2. The van der Waals surface area contributed by atoms with Crippen LogP contribution in [0.3, 0.4) is 0 Å². The number of carbonyl (C=O) groups is 1. The molecule has 25 heavy (non-hydrogen) atoms. The number of carbonyl (C=O) groups excluding carboxylic acids is 1. The monoisotopic (exact) mass is 362 g/mol. The van der Waals surface area contributed by atoms with Gasteiger partial charge >= 0.3 is 0 Å². The van der Waals surface area contributed by atoms with E-state index >= 15 is 0 Å². The Bertz CT molecular complexity index is 728. The standard InChI is InChI=1S/C18H23FN4OS/c1-23-11-10-21-18(23)25-16-4-3-14(19)12-15(16)22-17(24)5-2-13-6-8-20-9-7-13/h3-4,10-13,20H,2,5-9H2,1H3,(H,22,24). The lowest BCUT2D eigenvalue weighted by Crippen LogP contribution is -2.28. The number of benzene rings is 1. The van der Waals surface area contributed by atoms with Crippen LogP contribution in [0, 0.1) is 11.7 Å². The molecule has 1 aliphatic rings. The largest absolute Gasteiger partial charge is 0.329 e. The highest BCUT2D eigenvalue weighted by Crippen LogP contribution is 2.33. The number of rotatable bonds is 6. The summed E-state index contributed by atoms with van der Waals surface area (Å²) in [5, 5.41) is 6.99. The number of aromatic nitrogens is 2. The van der Waals surface area contributed by atoms with Gasteiger partial charge in [0.05, 0.1) is 5.69 Å². The Morgan fingerprint density at radius 2 is 2.24 bits per heavy atom. The third-order valence-corrected chi connectivity index (χ3v) is 5.58. The third-order valence-electron chi connectivity index (χ3n) is 4.43. The van der Waals surface area contributed by atoms with Crippen LogP contribution in [0.4, 0.5) is 10.1 Å². The number of nitrogens with one attached hydrogen (secondary N) is 2. The van der Waals surface area contributed by atoms with Crippen molar-refractivity contribution < 1.29 is 9.18 Å². The molecular weight excluding hydrogens is 339 g/mol. The molecule has 0 bridgehead atoms. The summed E-state index contributed by atoms with van der Waals surface area (Å²) in [6.07, 6.45) is 7.14. The lowest BCUT2D eigenvalue weighted by molar-refractivity contribution is -0.116. The van der Waals surface area contributed by atoms with Crippen LogP contribution in [0.2, 0.25) is 0 Å². The molecule has 2 N–H and O–H groups in total. The second kappa shape index (κ2) is 8.49. The van der Waals surface area contributed by atoms with Gasteiger partial charge in [0.15, 0.2) is 5.16 Å². The highest BCUT2D eigenvalue weighted by molar-refractivity contribution is 7.99. The fourth-order valence-electron chi connectivity index (χ4n) is 2.96. The minimum absolute atomic E-state index is 0.0641. The molecule has 2 heterocycles. The zero-order valence-corrected chi connectivity index (χ0v) is 15.1. The number of aryl methyl sites for hydroxylation is 1. The minimum Gasteiger partial charge on any atom is -0.329 e. The maximum Gasteiger partial charge on any atom is 0.224 e. The lowest BCUT2D eigenvalue weighted by atomic mass is 9.93. The fraction of sp³-hybridized carbons (Fsp3) is 0.444. The predicted octanol–water partition coefficient (Wildman–Crippen LogP) is 3.43. The molecule has 2 aromatic rings. The van der Waals surface area contributed by atoms with Crippen molar-refractivity contribution in [1.82, 2.24) is 14.9 Å². The van der Waals surface area contributed by atoms with E-state index < -0.39 is 0 Å². The quantitative estimate of drug-likeness (QED) is 0.827. The van der Waals surface area contributed by atoms with Gasteiger partial charge in [0.25, 0.3) is 0 Å². The smallest absolute Gasteiger partial charge is 0.224 e. The molecule has 1 aromatic carbocycles. The Morgan fingerprint density at radius 3 is 2.96 bits per heavy atom. The third kappa shape index (κ3) is 5.06. The molecule has 1 saturated heterocycles. The molecule has 1 amide bonds. The maximum atomic E-state index is 13.6. The molecule has 134 valence electrons. The van der Waals surface area contributed by atoms with E-state index in [2.05, 4.69) is 15.6 Å². The number of nitrogens with zero attached hydrogens (tertiary/aromatic N) is 2. The number of piperidine rings is 1. The zero-order chi connectivity index (χ0) is 17.6. The number of halogens is 1. The van der Waals surface area contributed by atoms with Crippen molar-refractivity contribution >= 4 is 23.4 Å². The van der Waals surface area contributed by atoms with Crippen molar-refractivity contribution in [3.63, 3.8) is 0 Å². The molecular formula is C18H23FN4OS. The summed E-state index contributed by atoms with van der Waals surface area (Å²) in [6.45, 7) is 2.06. The number of amides is 1. The Kier molecular flexibility index (Phi) is 6.09. The molecule has 0 unspecified atom stereocenters. The van der Waals surface area contributed by atoms with Crippen LogP contribution in [-0.2, 0) is 11.8 Å². The van der Waals surface area contributed by atoms with Gasteiger partial charge in [-0.2, -0.15) is 0 Å². The van der Waals surface area contributed by atoms with E-state index in [1.807, 2.05) is 17.8 Å². The average molecular weight is 362 g/mol. The molecule has 0 saturated carbocycles. The van der Waals surface area contributed by atoms with Gasteiger partial charge in [-0.15, -0.1) is 0 Å². The molecule has 0 spiro atoms. The van der Waals surface area contributed by atoms with Crippen molar-refractivity contribution in [3.8, 4) is 0 Å². The van der Waals surface area contributed by atoms with Gasteiger partial charge in [0.1, 0.15) is 5.82 Å². The van der Waals surface area contributed by atoms with E-state index in [0.717, 1.165) is 42.4 Å². The molecule has 5 nitrogen and oxygen atoms in total. The minimum atomic E-state index is -0.363. The van der Waals surface area contributed by atoms with Crippen LogP contribution >= 0.6 is 11.8 Å². The Labute approximate surface area is 151 Å². The van der Waals surface area contributed by atoms with E-state index in [9.17, 15) is 9.18 Å². The SMILES string of the molecule is Cn1ccnc1Sc1ccc(F)cc1NC(=O)CCC1CCNCC1. The van der Waals surface area contributed by atoms with Gasteiger partial charge < -0.3 is 15.2 Å². The van der Waals surface area contributed by atoms with E-state index in [4.69, 9.17) is 0 Å². The Balaban J connectivity index is 1.63. The predicted molar refractivity (Wildman–Crippen MR) is 97.2 cm³/mol. The maximum absolute atomic E-state index is 13.6. The van der Waals surface area contributed by atoms with Gasteiger partial charge in [-0.25, -0.2) is 9.37 Å². The van der Waals surface area contributed by atoms with Gasteiger partial charge in [0, 0.05) is 30.8 Å². The fourth-order valence-corrected chi connectivity index (χ4v) is 3.83. The van der Waals surface area contributed by atoms with Crippen LogP contribution < -0.4 is 10.6 Å². The van der Waals surface area contributed by atoms with Gasteiger partial charge in [-0.3, -0.25) is 4.79 Å². The number of anilines is 1. The van der Waals surface area contributed by atoms with Crippen LogP contribution in [0.5, 0.6) is 0 Å². The van der Waals surface area contributed by atoms with E-state index in [1.54, 1.807) is 12.3 Å². The highest BCUT2D eigenvalue weighted by atomic mass is 32.2. The zero-order valence-electron chi connectivity index (χ0n) is 14.3. The Hall–Kier alpha value is -1.86. The molecule has 0 aliphatic carbocycles. The summed E-state index contributed by atoms with van der Waals surface area (Å²) >= 11 is 1.41. The highest BCUT2D eigenvalue weighted by Gasteiger charge is 2.16.